The third-order valence-electron chi connectivity index (χ3n) is 4.04. The second kappa shape index (κ2) is 7.65. The molecule has 0 N–H and O–H groups in total. The molecule has 0 radical (unpaired) electrons. The first-order chi connectivity index (χ1) is 12.1. The van der Waals surface area contributed by atoms with Gasteiger partial charge in [0.15, 0.2) is 5.65 Å². The number of fused-ring (bicyclic) bond motifs is 1. The van der Waals surface area contributed by atoms with Crippen LogP contribution in [0, 0.1) is 0 Å². The lowest BCUT2D eigenvalue weighted by Gasteiger charge is -2.24. The summed E-state index contributed by atoms with van der Waals surface area (Å²) in [5.74, 6) is 0.104. The molecular formula is C18H21N5OS. The van der Waals surface area contributed by atoms with Crippen molar-refractivity contribution < 1.29 is 4.79 Å². The van der Waals surface area contributed by atoms with Gasteiger partial charge < -0.3 is 4.90 Å². The zero-order chi connectivity index (χ0) is 17.8. The standard InChI is InChI=1S/C18H21N5OS/c1-4-23(11-14-8-6-5-7-9-14)18(24)13(2)25-17-15-10-21-22(3)16(15)19-12-20-17/h5-10,12-13H,4,11H2,1-3H3/t13-/m1/s1. The largest absolute Gasteiger partial charge is 0.338 e. The van der Waals surface area contributed by atoms with Gasteiger partial charge in [-0.05, 0) is 19.4 Å². The molecule has 130 valence electrons. The summed E-state index contributed by atoms with van der Waals surface area (Å²) in [6, 6.07) is 10.0. The molecule has 3 rings (SSSR count). The number of hydrogen-bond donors (Lipinski definition) is 0. The van der Waals surface area contributed by atoms with Crippen LogP contribution in [0.2, 0.25) is 0 Å². The Hall–Kier alpha value is -2.41. The lowest BCUT2D eigenvalue weighted by Crippen LogP contribution is -2.36. The highest BCUT2D eigenvalue weighted by molar-refractivity contribution is 8.00. The van der Waals surface area contributed by atoms with Crippen molar-refractivity contribution in [2.45, 2.75) is 30.7 Å². The molecule has 6 nitrogen and oxygen atoms in total. The molecule has 7 heteroatoms. The van der Waals surface area contributed by atoms with Crippen LogP contribution >= 0.6 is 11.8 Å². The van der Waals surface area contributed by atoms with Gasteiger partial charge in [0.25, 0.3) is 0 Å². The molecule has 1 aromatic carbocycles. The van der Waals surface area contributed by atoms with Crippen molar-refractivity contribution in [3.05, 3.63) is 48.4 Å². The van der Waals surface area contributed by atoms with Crippen LogP contribution in [-0.4, -0.2) is 42.4 Å². The summed E-state index contributed by atoms with van der Waals surface area (Å²) < 4.78 is 1.71. The van der Waals surface area contributed by atoms with Gasteiger partial charge in [-0.1, -0.05) is 42.1 Å². The molecule has 1 atom stereocenters. The molecule has 0 fully saturated rings. The Bertz CT molecular complexity index is 864. The summed E-state index contributed by atoms with van der Waals surface area (Å²) in [6.07, 6.45) is 3.27. The topological polar surface area (TPSA) is 63.9 Å². The number of thioether (sulfide) groups is 1. The monoisotopic (exact) mass is 355 g/mol. The molecule has 0 bridgehead atoms. The van der Waals surface area contributed by atoms with Gasteiger partial charge in [-0.25, -0.2) is 9.97 Å². The average molecular weight is 355 g/mol. The first-order valence-electron chi connectivity index (χ1n) is 8.22. The van der Waals surface area contributed by atoms with Crippen molar-refractivity contribution >= 4 is 28.7 Å². The average Bonchev–Trinajstić information content (AvgIpc) is 3.02. The Balaban J connectivity index is 1.74. The van der Waals surface area contributed by atoms with Gasteiger partial charge in [-0.2, -0.15) is 5.10 Å². The summed E-state index contributed by atoms with van der Waals surface area (Å²) >= 11 is 1.45. The number of hydrogen-bond acceptors (Lipinski definition) is 5. The normalized spacial score (nSPS) is 12.3. The van der Waals surface area contributed by atoms with E-state index >= 15 is 0 Å². The van der Waals surface area contributed by atoms with Crippen LogP contribution in [0.1, 0.15) is 19.4 Å². The van der Waals surface area contributed by atoms with E-state index in [4.69, 9.17) is 0 Å². The first kappa shape index (κ1) is 17.4. The van der Waals surface area contributed by atoms with Gasteiger partial charge in [0, 0.05) is 20.1 Å². The van der Waals surface area contributed by atoms with Crippen LogP contribution in [0.5, 0.6) is 0 Å². The number of carbonyl (C=O) groups is 1. The molecule has 0 aliphatic heterocycles. The van der Waals surface area contributed by atoms with Crippen molar-refractivity contribution in [3.8, 4) is 0 Å². The quantitative estimate of drug-likeness (QED) is 0.502. The van der Waals surface area contributed by atoms with Gasteiger partial charge in [-0.15, -0.1) is 0 Å². The molecule has 0 spiro atoms. The zero-order valence-electron chi connectivity index (χ0n) is 14.6. The highest BCUT2D eigenvalue weighted by Crippen LogP contribution is 2.28. The van der Waals surface area contributed by atoms with Crippen LogP contribution in [0.4, 0.5) is 0 Å². The predicted molar refractivity (Wildman–Crippen MR) is 99.2 cm³/mol. The van der Waals surface area contributed by atoms with Crippen molar-refractivity contribution in [2.24, 2.45) is 7.05 Å². The zero-order valence-corrected chi connectivity index (χ0v) is 15.4. The molecule has 0 saturated carbocycles. The summed E-state index contributed by atoms with van der Waals surface area (Å²) in [5, 5.41) is 5.65. The number of amides is 1. The Morgan fingerprint density at radius 1 is 1.28 bits per heavy atom. The van der Waals surface area contributed by atoms with Crippen molar-refractivity contribution in [1.82, 2.24) is 24.6 Å². The highest BCUT2D eigenvalue weighted by Gasteiger charge is 2.22. The number of benzene rings is 1. The molecule has 1 amide bonds. The third-order valence-corrected chi connectivity index (χ3v) is 5.14. The third kappa shape index (κ3) is 3.82. The van der Waals surface area contributed by atoms with Crippen LogP contribution in [0.25, 0.3) is 11.0 Å². The smallest absolute Gasteiger partial charge is 0.236 e. The minimum absolute atomic E-state index is 0.104. The fraction of sp³-hybridized carbons (Fsp3) is 0.333. The Labute approximate surface area is 151 Å². The summed E-state index contributed by atoms with van der Waals surface area (Å²) in [7, 11) is 1.84. The van der Waals surface area contributed by atoms with E-state index in [1.165, 1.54) is 18.1 Å². The minimum Gasteiger partial charge on any atom is -0.338 e. The van der Waals surface area contributed by atoms with Gasteiger partial charge in [-0.3, -0.25) is 9.48 Å². The predicted octanol–water partition coefficient (Wildman–Crippen LogP) is 2.89. The minimum atomic E-state index is -0.234. The Morgan fingerprint density at radius 2 is 2.04 bits per heavy atom. The fourth-order valence-electron chi connectivity index (χ4n) is 2.66. The van der Waals surface area contributed by atoms with Crippen LogP contribution in [-0.2, 0) is 18.4 Å². The van der Waals surface area contributed by atoms with Crippen molar-refractivity contribution in [3.63, 3.8) is 0 Å². The number of aromatic nitrogens is 4. The van der Waals surface area contributed by atoms with E-state index in [9.17, 15) is 4.79 Å². The molecule has 25 heavy (non-hydrogen) atoms. The number of carbonyl (C=O) groups excluding carboxylic acids is 1. The lowest BCUT2D eigenvalue weighted by atomic mass is 10.2. The summed E-state index contributed by atoms with van der Waals surface area (Å²) in [4.78, 5) is 23.3. The molecule has 0 saturated heterocycles. The Morgan fingerprint density at radius 3 is 2.76 bits per heavy atom. The van der Waals surface area contributed by atoms with E-state index in [-0.39, 0.29) is 11.2 Å². The molecule has 3 aromatic rings. The van der Waals surface area contributed by atoms with E-state index in [1.807, 2.05) is 56.1 Å². The van der Waals surface area contributed by atoms with Crippen LogP contribution in [0.15, 0.2) is 47.9 Å². The van der Waals surface area contributed by atoms with Gasteiger partial charge in [0.2, 0.25) is 5.91 Å². The van der Waals surface area contributed by atoms with Gasteiger partial charge >= 0.3 is 0 Å². The van der Waals surface area contributed by atoms with E-state index in [0.717, 1.165) is 21.6 Å². The summed E-state index contributed by atoms with van der Waals surface area (Å²) in [5.41, 5.74) is 1.90. The fourth-order valence-corrected chi connectivity index (χ4v) is 3.62. The molecule has 2 aromatic heterocycles. The second-order valence-corrected chi connectivity index (χ2v) is 7.11. The van der Waals surface area contributed by atoms with Crippen molar-refractivity contribution in [2.75, 3.05) is 6.54 Å². The number of rotatable bonds is 6. The number of nitrogens with zero attached hydrogens (tertiary/aromatic N) is 5. The molecular weight excluding hydrogens is 334 g/mol. The lowest BCUT2D eigenvalue weighted by molar-refractivity contribution is -0.130. The SMILES string of the molecule is CCN(Cc1ccccc1)C(=O)[C@@H](C)Sc1ncnc2c1cnn2C. The molecule has 0 aliphatic rings. The van der Waals surface area contributed by atoms with Crippen LogP contribution < -0.4 is 0 Å². The van der Waals surface area contributed by atoms with Gasteiger partial charge in [0.1, 0.15) is 11.4 Å². The van der Waals surface area contributed by atoms with E-state index in [1.54, 1.807) is 10.9 Å². The highest BCUT2D eigenvalue weighted by atomic mass is 32.2. The van der Waals surface area contributed by atoms with Gasteiger partial charge in [0.05, 0.1) is 16.8 Å². The number of aryl methyl sites for hydroxylation is 1. The molecule has 0 unspecified atom stereocenters. The molecule has 0 aliphatic carbocycles. The van der Waals surface area contributed by atoms with E-state index < -0.39 is 0 Å². The Kier molecular flexibility index (Phi) is 5.33. The first-order valence-corrected chi connectivity index (χ1v) is 9.10. The van der Waals surface area contributed by atoms with E-state index in [0.29, 0.717) is 13.1 Å². The van der Waals surface area contributed by atoms with Crippen LogP contribution in [0.3, 0.4) is 0 Å². The summed E-state index contributed by atoms with van der Waals surface area (Å²) in [6.45, 7) is 5.21. The molecule has 2 heterocycles. The van der Waals surface area contributed by atoms with E-state index in [2.05, 4.69) is 15.1 Å². The maximum atomic E-state index is 12.9. The van der Waals surface area contributed by atoms with Crippen molar-refractivity contribution in [1.29, 1.82) is 0 Å². The second-order valence-electron chi connectivity index (χ2n) is 5.78. The maximum absolute atomic E-state index is 12.9. The maximum Gasteiger partial charge on any atom is 0.236 e.